The van der Waals surface area contributed by atoms with E-state index in [1.165, 1.54) is 0 Å². The van der Waals surface area contributed by atoms with Crippen LogP contribution < -0.4 is 4.74 Å². The van der Waals surface area contributed by atoms with Crippen LogP contribution in [0.1, 0.15) is 46.0 Å². The maximum absolute atomic E-state index is 13.2. The number of hydrogen-bond donors (Lipinski definition) is 3. The molecule has 206 valence electrons. The minimum atomic E-state index is -0.479. The predicted octanol–water partition coefficient (Wildman–Crippen LogP) is 6.72. The van der Waals surface area contributed by atoms with Gasteiger partial charge in [-0.15, -0.1) is 0 Å². The van der Waals surface area contributed by atoms with E-state index in [1.54, 1.807) is 21.0 Å². The number of carbonyl (C=O) groups is 2. The van der Waals surface area contributed by atoms with E-state index >= 15 is 0 Å². The van der Waals surface area contributed by atoms with Gasteiger partial charge in [-0.3, -0.25) is 0 Å². The fourth-order valence-electron chi connectivity index (χ4n) is 5.05. The molecule has 0 radical (unpaired) electrons. The number of benzene rings is 1. The Balaban J connectivity index is 1.78. The van der Waals surface area contributed by atoms with Crippen molar-refractivity contribution in [2.45, 2.75) is 13.8 Å². The number of rotatable bonds is 6. The van der Waals surface area contributed by atoms with Crippen molar-refractivity contribution in [3.8, 4) is 16.9 Å². The zero-order valence-corrected chi connectivity index (χ0v) is 22.8. The van der Waals surface area contributed by atoms with Gasteiger partial charge in [0, 0.05) is 11.1 Å². The van der Waals surface area contributed by atoms with E-state index in [2.05, 4.69) is 15.0 Å². The van der Waals surface area contributed by atoms with Crippen molar-refractivity contribution in [1.82, 2.24) is 19.9 Å². The molecule has 3 N–H and O–H groups in total. The van der Waals surface area contributed by atoms with Crippen molar-refractivity contribution >= 4 is 57.2 Å². The molecule has 9 heteroatoms. The van der Waals surface area contributed by atoms with Gasteiger partial charge in [-0.1, -0.05) is 12.1 Å². The topological polar surface area (TPSA) is 122 Å². The summed E-state index contributed by atoms with van der Waals surface area (Å²) in [6.07, 6.45) is 3.68. The summed E-state index contributed by atoms with van der Waals surface area (Å²) in [6.45, 7) is 4.01. The molecular formula is C32H28N4O5. The quantitative estimate of drug-likeness (QED) is 0.199. The van der Waals surface area contributed by atoms with Crippen LogP contribution in [0, 0.1) is 0 Å². The van der Waals surface area contributed by atoms with Gasteiger partial charge in [0.1, 0.15) is 16.9 Å². The summed E-state index contributed by atoms with van der Waals surface area (Å²) in [5.41, 5.74) is 7.41. The Morgan fingerprint density at radius 3 is 1.71 bits per heavy atom. The summed E-state index contributed by atoms with van der Waals surface area (Å²) in [7, 11) is 1.62. The monoisotopic (exact) mass is 548 g/mol. The van der Waals surface area contributed by atoms with E-state index in [0.717, 1.165) is 33.4 Å². The van der Waals surface area contributed by atoms with Crippen molar-refractivity contribution < 1.29 is 23.8 Å². The fraction of sp³-hybridized carbons (Fsp3) is 0.156. The summed E-state index contributed by atoms with van der Waals surface area (Å²) < 4.78 is 16.2. The number of methoxy groups -OCH3 is 1. The number of aromatic nitrogens is 4. The van der Waals surface area contributed by atoms with Gasteiger partial charge < -0.3 is 29.2 Å². The summed E-state index contributed by atoms with van der Waals surface area (Å²) in [6, 6.07) is 18.8. The lowest BCUT2D eigenvalue weighted by molar-refractivity contribution is 0.0519. The molecule has 0 aliphatic carbocycles. The van der Waals surface area contributed by atoms with Gasteiger partial charge in [0.25, 0.3) is 0 Å². The van der Waals surface area contributed by atoms with Crippen molar-refractivity contribution in [1.29, 1.82) is 0 Å². The van der Waals surface area contributed by atoms with E-state index < -0.39 is 11.9 Å². The lowest BCUT2D eigenvalue weighted by Crippen LogP contribution is -2.07. The molecule has 6 rings (SSSR count). The van der Waals surface area contributed by atoms with Gasteiger partial charge in [0.15, 0.2) is 0 Å². The second-order valence-electron chi connectivity index (χ2n) is 9.37. The normalized spacial score (nSPS) is 11.6. The molecule has 0 fully saturated rings. The highest BCUT2D eigenvalue weighted by atomic mass is 16.5. The van der Waals surface area contributed by atoms with Crippen LogP contribution in [-0.2, 0) is 9.47 Å². The molecule has 0 saturated carbocycles. The Morgan fingerprint density at radius 1 is 0.634 bits per heavy atom. The number of hydrogen-bond acceptors (Lipinski definition) is 6. The zero-order chi connectivity index (χ0) is 28.5. The average Bonchev–Trinajstić information content (AvgIpc) is 3.79. The van der Waals surface area contributed by atoms with Crippen molar-refractivity contribution in [3.63, 3.8) is 0 Å². The van der Waals surface area contributed by atoms with Crippen LogP contribution in [0.25, 0.3) is 56.4 Å². The van der Waals surface area contributed by atoms with Crippen LogP contribution in [0.4, 0.5) is 0 Å². The minimum Gasteiger partial charge on any atom is -0.497 e. The lowest BCUT2D eigenvalue weighted by atomic mass is 10.0. The molecule has 4 aromatic heterocycles. The number of aromatic amines is 3. The third-order valence-electron chi connectivity index (χ3n) is 6.92. The number of fused-ring (bicyclic) bond motifs is 9. The molecule has 0 amide bonds. The summed E-state index contributed by atoms with van der Waals surface area (Å²) in [5.74, 6) is -0.215. The SMILES string of the molecule is CCOC(=O)c1c2nc(c(-c3ccc(OC)cc3)c3ccc([nH]3)c(C(=O)OCC)c3ccc([nH]3)c3ccc1[nH]3)C=C2. The molecule has 0 spiro atoms. The van der Waals surface area contributed by atoms with Gasteiger partial charge in [-0.05, 0) is 80.1 Å². The van der Waals surface area contributed by atoms with Crippen molar-refractivity contribution in [3.05, 3.63) is 83.2 Å². The third kappa shape index (κ3) is 4.71. The Hall–Kier alpha value is -5.31. The van der Waals surface area contributed by atoms with E-state index in [4.69, 9.17) is 19.2 Å². The van der Waals surface area contributed by atoms with Gasteiger partial charge >= 0.3 is 11.9 Å². The molecule has 41 heavy (non-hydrogen) atoms. The number of esters is 2. The minimum absolute atomic E-state index is 0.227. The van der Waals surface area contributed by atoms with E-state index in [0.29, 0.717) is 39.1 Å². The Labute approximate surface area is 235 Å². The fourth-order valence-corrected chi connectivity index (χ4v) is 5.05. The zero-order valence-electron chi connectivity index (χ0n) is 22.8. The summed E-state index contributed by atoms with van der Waals surface area (Å²) in [5, 5.41) is 0. The first kappa shape index (κ1) is 25.9. The van der Waals surface area contributed by atoms with Gasteiger partial charge in [-0.2, -0.15) is 0 Å². The van der Waals surface area contributed by atoms with Crippen LogP contribution in [0.5, 0.6) is 5.75 Å². The molecule has 1 aromatic carbocycles. The maximum atomic E-state index is 13.2. The number of nitrogens with zero attached hydrogens (tertiary/aromatic N) is 1. The molecule has 5 heterocycles. The molecular weight excluding hydrogens is 520 g/mol. The highest BCUT2D eigenvalue weighted by Crippen LogP contribution is 2.33. The summed E-state index contributed by atoms with van der Waals surface area (Å²) in [4.78, 5) is 41.5. The number of nitrogens with one attached hydrogen (secondary N) is 3. The van der Waals surface area contributed by atoms with Crippen LogP contribution in [0.15, 0.2) is 60.7 Å². The maximum Gasteiger partial charge on any atom is 0.342 e. The molecule has 1 aliphatic heterocycles. The second kappa shape index (κ2) is 10.7. The smallest absolute Gasteiger partial charge is 0.342 e. The van der Waals surface area contributed by atoms with Crippen LogP contribution in [0.3, 0.4) is 0 Å². The van der Waals surface area contributed by atoms with Crippen molar-refractivity contribution in [2.75, 3.05) is 20.3 Å². The van der Waals surface area contributed by atoms with Gasteiger partial charge in [-0.25, -0.2) is 14.6 Å². The predicted molar refractivity (Wildman–Crippen MR) is 159 cm³/mol. The number of ether oxygens (including phenoxy) is 3. The van der Waals surface area contributed by atoms with Crippen LogP contribution in [0.2, 0.25) is 0 Å². The van der Waals surface area contributed by atoms with E-state index in [1.807, 2.05) is 72.8 Å². The molecule has 9 nitrogen and oxygen atoms in total. The molecule has 1 aliphatic rings. The van der Waals surface area contributed by atoms with Crippen molar-refractivity contribution in [2.24, 2.45) is 0 Å². The van der Waals surface area contributed by atoms with E-state index in [-0.39, 0.29) is 13.2 Å². The molecule has 8 bridgehead atoms. The Bertz CT molecular complexity index is 1940. The van der Waals surface area contributed by atoms with Crippen LogP contribution >= 0.6 is 0 Å². The van der Waals surface area contributed by atoms with Crippen LogP contribution in [-0.4, -0.2) is 52.2 Å². The Kier molecular flexibility index (Phi) is 6.76. The molecule has 5 aromatic rings. The number of H-pyrrole nitrogens is 3. The first-order valence-electron chi connectivity index (χ1n) is 13.3. The number of carbonyl (C=O) groups excluding carboxylic acids is 2. The van der Waals surface area contributed by atoms with Gasteiger partial charge in [0.2, 0.25) is 0 Å². The Morgan fingerprint density at radius 2 is 1.12 bits per heavy atom. The second-order valence-corrected chi connectivity index (χ2v) is 9.37. The standard InChI is InChI=1S/C32H28N4O5/c1-4-40-31(37)29-24-12-10-20(33-24)21-11-13-25(34-21)30(32(38)41-5-2)27-17-15-23(36-27)28(22-14-16-26(29)35-22)18-6-8-19(39-3)9-7-18/h6-17,33-35H,4-5H2,1-3H3. The largest absolute Gasteiger partial charge is 0.497 e. The third-order valence-corrected chi connectivity index (χ3v) is 6.92. The van der Waals surface area contributed by atoms with Gasteiger partial charge in [0.05, 0.1) is 59.3 Å². The average molecular weight is 549 g/mol. The molecule has 0 unspecified atom stereocenters. The first-order chi connectivity index (χ1) is 20.0. The first-order valence-corrected chi connectivity index (χ1v) is 13.3. The highest BCUT2D eigenvalue weighted by Gasteiger charge is 2.20. The summed E-state index contributed by atoms with van der Waals surface area (Å²) >= 11 is 0. The molecule has 0 atom stereocenters. The lowest BCUT2D eigenvalue weighted by Gasteiger charge is -2.06. The highest BCUT2D eigenvalue weighted by molar-refractivity contribution is 6.06. The van der Waals surface area contributed by atoms with E-state index in [9.17, 15) is 9.59 Å². The molecule has 0 saturated heterocycles.